The van der Waals surface area contributed by atoms with E-state index in [9.17, 15) is 0 Å². The first kappa shape index (κ1) is 12.4. The molecule has 0 atom stereocenters. The highest BCUT2D eigenvalue weighted by atomic mass is 32.2. The minimum absolute atomic E-state index is 1.17. The Bertz CT molecular complexity index is 264. The van der Waals surface area contributed by atoms with Crippen molar-refractivity contribution in [1.29, 1.82) is 0 Å². The van der Waals surface area contributed by atoms with Crippen molar-refractivity contribution in [1.82, 2.24) is 0 Å². The average molecular weight is 220 g/mol. The maximum atomic E-state index is 2.29. The fourth-order valence-electron chi connectivity index (χ4n) is 1.35. The highest BCUT2D eigenvalue weighted by Crippen LogP contribution is 2.09. The molecule has 0 saturated carbocycles. The van der Waals surface area contributed by atoms with Crippen molar-refractivity contribution >= 4 is 11.8 Å². The van der Waals surface area contributed by atoms with Crippen LogP contribution in [0.1, 0.15) is 31.7 Å². The van der Waals surface area contributed by atoms with Crippen LogP contribution in [0.4, 0.5) is 0 Å². The van der Waals surface area contributed by atoms with Gasteiger partial charge in [-0.2, -0.15) is 0 Å². The molecule has 1 rings (SSSR count). The van der Waals surface area contributed by atoms with Gasteiger partial charge in [0.25, 0.3) is 0 Å². The summed E-state index contributed by atoms with van der Waals surface area (Å²) < 4.78 is 0. The quantitative estimate of drug-likeness (QED) is 0.602. The fraction of sp³-hybridized carbons (Fsp3) is 0.429. The summed E-state index contributed by atoms with van der Waals surface area (Å²) in [5, 5.41) is 2.25. The van der Waals surface area contributed by atoms with Crippen molar-refractivity contribution in [3.8, 4) is 0 Å². The Morgan fingerprint density at radius 2 is 2.00 bits per heavy atom. The van der Waals surface area contributed by atoms with E-state index in [0.29, 0.717) is 0 Å². The lowest BCUT2D eigenvalue weighted by molar-refractivity contribution is 0.815. The summed E-state index contributed by atoms with van der Waals surface area (Å²) in [5.74, 6) is 1.19. The van der Waals surface area contributed by atoms with E-state index in [2.05, 4.69) is 48.7 Å². The molecule has 0 spiro atoms. The van der Waals surface area contributed by atoms with E-state index in [4.69, 9.17) is 0 Å². The number of thioether (sulfide) groups is 1. The molecule has 0 nitrogen and oxygen atoms in total. The Morgan fingerprint density at radius 3 is 2.73 bits per heavy atom. The van der Waals surface area contributed by atoms with Crippen LogP contribution in [0.15, 0.2) is 41.8 Å². The third kappa shape index (κ3) is 6.40. The lowest BCUT2D eigenvalue weighted by Gasteiger charge is -1.97. The van der Waals surface area contributed by atoms with Gasteiger partial charge in [0, 0.05) is 5.75 Å². The Kier molecular flexibility index (Phi) is 7.10. The van der Waals surface area contributed by atoms with Gasteiger partial charge in [-0.3, -0.25) is 0 Å². The van der Waals surface area contributed by atoms with E-state index in [1.807, 2.05) is 11.8 Å². The second-order valence-electron chi connectivity index (χ2n) is 3.62. The first-order valence-corrected chi connectivity index (χ1v) is 6.79. The molecule has 1 aromatic rings. The van der Waals surface area contributed by atoms with Crippen LogP contribution in [-0.2, 0) is 6.42 Å². The van der Waals surface area contributed by atoms with Gasteiger partial charge in [0.2, 0.25) is 0 Å². The van der Waals surface area contributed by atoms with Crippen molar-refractivity contribution in [3.05, 3.63) is 47.4 Å². The monoisotopic (exact) mass is 220 g/mol. The zero-order valence-corrected chi connectivity index (χ0v) is 10.3. The smallest absolute Gasteiger partial charge is 0.00145 e. The third-order valence-corrected chi connectivity index (χ3v) is 3.09. The molecule has 1 aromatic carbocycles. The van der Waals surface area contributed by atoms with Gasteiger partial charge in [-0.1, -0.05) is 56.2 Å². The van der Waals surface area contributed by atoms with Crippen LogP contribution >= 0.6 is 11.8 Å². The van der Waals surface area contributed by atoms with Crippen molar-refractivity contribution < 1.29 is 0 Å². The third-order valence-electron chi connectivity index (χ3n) is 2.27. The van der Waals surface area contributed by atoms with Crippen molar-refractivity contribution in [2.45, 2.75) is 32.6 Å². The molecule has 0 aromatic heterocycles. The van der Waals surface area contributed by atoms with Crippen molar-refractivity contribution in [2.75, 3.05) is 5.75 Å². The molecule has 0 saturated heterocycles. The predicted octanol–water partition coefficient (Wildman–Crippen LogP) is 4.67. The second kappa shape index (κ2) is 8.60. The number of hydrogen-bond donors (Lipinski definition) is 0. The van der Waals surface area contributed by atoms with Gasteiger partial charge in [-0.05, 0) is 23.8 Å². The predicted molar refractivity (Wildman–Crippen MR) is 71.3 cm³/mol. The molecule has 0 bridgehead atoms. The van der Waals surface area contributed by atoms with E-state index in [0.717, 1.165) is 0 Å². The summed E-state index contributed by atoms with van der Waals surface area (Å²) in [5.41, 5.74) is 1.44. The van der Waals surface area contributed by atoms with E-state index < -0.39 is 0 Å². The number of rotatable bonds is 7. The topological polar surface area (TPSA) is 0 Å². The Labute approximate surface area is 97.8 Å². The molecule has 0 amide bonds. The molecule has 1 heteroatoms. The minimum Gasteiger partial charge on any atom is -0.134 e. The molecule has 15 heavy (non-hydrogen) atoms. The maximum absolute atomic E-state index is 2.29. The first-order valence-electron chi connectivity index (χ1n) is 5.74. The Hall–Kier alpha value is -0.690. The van der Waals surface area contributed by atoms with Gasteiger partial charge in [-0.25, -0.2) is 0 Å². The maximum Gasteiger partial charge on any atom is 0.00145 e. The standard InChI is InChI=1S/C14H20S/c1-2-3-4-8-12-15-13-11-14-9-6-5-7-10-14/h5-10,12H,2-4,11,13H2,1H3/b12-8+. The SMILES string of the molecule is CCCC/C=C/SCCc1ccccc1. The van der Waals surface area contributed by atoms with E-state index >= 15 is 0 Å². The summed E-state index contributed by atoms with van der Waals surface area (Å²) in [6.07, 6.45) is 7.30. The van der Waals surface area contributed by atoms with Gasteiger partial charge in [0.15, 0.2) is 0 Å². The summed E-state index contributed by atoms with van der Waals surface area (Å²) in [6.45, 7) is 2.23. The van der Waals surface area contributed by atoms with Crippen LogP contribution in [0.5, 0.6) is 0 Å². The number of aryl methyl sites for hydroxylation is 1. The second-order valence-corrected chi connectivity index (χ2v) is 4.63. The van der Waals surface area contributed by atoms with Gasteiger partial charge in [-0.15, -0.1) is 11.8 Å². The molecule has 0 fully saturated rings. The molecule has 0 aliphatic carbocycles. The van der Waals surface area contributed by atoms with Gasteiger partial charge in [0.1, 0.15) is 0 Å². The van der Waals surface area contributed by atoms with E-state index in [1.165, 1.54) is 37.0 Å². The number of benzene rings is 1. The molecular weight excluding hydrogens is 200 g/mol. The highest BCUT2D eigenvalue weighted by molar-refractivity contribution is 8.02. The first-order chi connectivity index (χ1) is 7.43. The van der Waals surface area contributed by atoms with Gasteiger partial charge in [0.05, 0.1) is 0 Å². The lowest BCUT2D eigenvalue weighted by Crippen LogP contribution is -1.85. The number of hydrogen-bond acceptors (Lipinski definition) is 1. The van der Waals surface area contributed by atoms with Crippen LogP contribution in [0.2, 0.25) is 0 Å². The molecule has 0 N–H and O–H groups in total. The lowest BCUT2D eigenvalue weighted by atomic mass is 10.2. The average Bonchev–Trinajstić information content (AvgIpc) is 2.29. The van der Waals surface area contributed by atoms with Crippen LogP contribution in [0.25, 0.3) is 0 Å². The zero-order valence-electron chi connectivity index (χ0n) is 9.49. The van der Waals surface area contributed by atoms with Crippen LogP contribution < -0.4 is 0 Å². The van der Waals surface area contributed by atoms with E-state index in [-0.39, 0.29) is 0 Å². The van der Waals surface area contributed by atoms with Crippen LogP contribution in [-0.4, -0.2) is 5.75 Å². The molecule has 0 heterocycles. The van der Waals surface area contributed by atoms with Crippen LogP contribution in [0.3, 0.4) is 0 Å². The minimum atomic E-state index is 1.17. The van der Waals surface area contributed by atoms with Crippen LogP contribution in [0, 0.1) is 0 Å². The molecule has 0 unspecified atom stereocenters. The fourth-order valence-corrected chi connectivity index (χ4v) is 2.11. The Balaban J connectivity index is 2.04. The summed E-state index contributed by atoms with van der Waals surface area (Å²) in [7, 11) is 0. The molecule has 0 aliphatic rings. The Morgan fingerprint density at radius 1 is 1.20 bits per heavy atom. The zero-order chi connectivity index (χ0) is 10.8. The molecule has 0 radical (unpaired) electrons. The number of unbranched alkanes of at least 4 members (excludes halogenated alkanes) is 2. The normalized spacial score (nSPS) is 11.0. The van der Waals surface area contributed by atoms with Gasteiger partial charge >= 0.3 is 0 Å². The van der Waals surface area contributed by atoms with Crippen molar-refractivity contribution in [2.24, 2.45) is 0 Å². The molecular formula is C14H20S. The number of allylic oxidation sites excluding steroid dienone is 1. The highest BCUT2D eigenvalue weighted by Gasteiger charge is 1.89. The largest absolute Gasteiger partial charge is 0.134 e. The van der Waals surface area contributed by atoms with Crippen molar-refractivity contribution in [3.63, 3.8) is 0 Å². The summed E-state index contributed by atoms with van der Waals surface area (Å²) in [4.78, 5) is 0. The molecule has 0 aliphatic heterocycles. The summed E-state index contributed by atoms with van der Waals surface area (Å²) in [6, 6.07) is 10.7. The van der Waals surface area contributed by atoms with E-state index in [1.54, 1.807) is 0 Å². The van der Waals surface area contributed by atoms with Gasteiger partial charge < -0.3 is 0 Å². The summed E-state index contributed by atoms with van der Waals surface area (Å²) >= 11 is 1.92. The molecule has 82 valence electrons.